The van der Waals surface area contributed by atoms with Crippen molar-refractivity contribution in [2.75, 3.05) is 6.61 Å². The first-order valence-corrected chi connectivity index (χ1v) is 12.4. The van der Waals surface area contributed by atoms with E-state index in [1.165, 1.54) is 12.1 Å². The van der Waals surface area contributed by atoms with E-state index in [2.05, 4.69) is 5.16 Å². The molecule has 0 bridgehead atoms. The van der Waals surface area contributed by atoms with E-state index in [0.717, 1.165) is 34.4 Å². The number of benzene rings is 3. The molecule has 1 aromatic heterocycles. The van der Waals surface area contributed by atoms with Crippen molar-refractivity contribution in [3.63, 3.8) is 0 Å². The van der Waals surface area contributed by atoms with Crippen molar-refractivity contribution in [3.8, 4) is 22.5 Å². The van der Waals surface area contributed by atoms with Crippen LogP contribution in [0, 0.1) is 6.92 Å². The van der Waals surface area contributed by atoms with Gasteiger partial charge >= 0.3 is 12.1 Å². The van der Waals surface area contributed by atoms with E-state index in [0.29, 0.717) is 29.2 Å². The van der Waals surface area contributed by atoms with Gasteiger partial charge in [-0.15, -0.1) is 0 Å². The summed E-state index contributed by atoms with van der Waals surface area (Å²) in [7, 11) is 0. The number of carbonyl (C=O) groups is 1. The molecule has 4 aromatic rings. The minimum absolute atomic E-state index is 0.0489. The van der Waals surface area contributed by atoms with Crippen LogP contribution in [0.3, 0.4) is 0 Å². The summed E-state index contributed by atoms with van der Waals surface area (Å²) in [5.41, 5.74) is 4.30. The number of aromatic nitrogens is 1. The second-order valence-corrected chi connectivity index (χ2v) is 9.00. The number of carbonyl (C=O) groups excluding carboxylic acids is 1. The fourth-order valence-electron chi connectivity index (χ4n) is 4.13. The van der Waals surface area contributed by atoms with Crippen molar-refractivity contribution in [2.45, 2.75) is 45.8 Å². The number of halogens is 3. The van der Waals surface area contributed by atoms with E-state index in [-0.39, 0.29) is 25.4 Å². The van der Waals surface area contributed by atoms with Gasteiger partial charge in [0.2, 0.25) is 0 Å². The topological polar surface area (TPSA) is 81.8 Å². The normalized spacial score (nSPS) is 12.4. The molecule has 0 aliphatic rings. The fourth-order valence-corrected chi connectivity index (χ4v) is 4.13. The molecular weight excluding hydrogens is 511 g/mol. The quantitative estimate of drug-likeness (QED) is 0.183. The van der Waals surface area contributed by atoms with Crippen LogP contribution < -0.4 is 0 Å². The lowest BCUT2D eigenvalue weighted by molar-refractivity contribution is -0.142. The summed E-state index contributed by atoms with van der Waals surface area (Å²) in [6, 6.07) is 20.1. The highest BCUT2D eigenvalue weighted by atomic mass is 19.4. The molecule has 39 heavy (non-hydrogen) atoms. The van der Waals surface area contributed by atoms with E-state index in [1.54, 1.807) is 13.8 Å². The summed E-state index contributed by atoms with van der Waals surface area (Å²) in [6.45, 7) is 3.68. The van der Waals surface area contributed by atoms with Gasteiger partial charge in [0.15, 0.2) is 12.1 Å². The predicted molar refractivity (Wildman–Crippen MR) is 138 cm³/mol. The van der Waals surface area contributed by atoms with Crippen LogP contribution in [0.1, 0.15) is 34.9 Å². The first kappa shape index (κ1) is 28.1. The highest BCUT2D eigenvalue weighted by Crippen LogP contribution is 2.31. The van der Waals surface area contributed by atoms with Crippen molar-refractivity contribution >= 4 is 5.97 Å². The largest absolute Gasteiger partial charge is 0.466 e. The molecular formula is C30H28F3NO5. The zero-order valence-electron chi connectivity index (χ0n) is 21.5. The van der Waals surface area contributed by atoms with E-state index in [4.69, 9.17) is 14.0 Å². The molecule has 0 fully saturated rings. The first-order chi connectivity index (χ1) is 18.6. The van der Waals surface area contributed by atoms with Crippen LogP contribution in [0.25, 0.3) is 22.5 Å². The van der Waals surface area contributed by atoms with Crippen LogP contribution in [-0.4, -0.2) is 29.1 Å². The van der Waals surface area contributed by atoms with Crippen molar-refractivity contribution in [2.24, 2.45) is 0 Å². The Morgan fingerprint density at radius 1 is 0.974 bits per heavy atom. The molecule has 4 rings (SSSR count). The average molecular weight is 540 g/mol. The first-order valence-electron chi connectivity index (χ1n) is 12.4. The van der Waals surface area contributed by atoms with Gasteiger partial charge in [0.25, 0.3) is 0 Å². The Kier molecular flexibility index (Phi) is 8.83. The Labute approximate surface area is 224 Å². The molecule has 1 atom stereocenters. The SMILES string of the molecule is CCOC(=O)Cc1ccc(-c2ccc(-c3onc(C)c3CC(O)OCc3cccc(C(F)(F)F)c3)cc2)cc1. The second-order valence-electron chi connectivity index (χ2n) is 9.00. The summed E-state index contributed by atoms with van der Waals surface area (Å²) in [5, 5.41) is 14.5. The fraction of sp³-hybridized carbons (Fsp3) is 0.267. The lowest BCUT2D eigenvalue weighted by Crippen LogP contribution is -2.16. The number of alkyl halides is 3. The number of rotatable bonds is 10. The molecule has 0 aliphatic carbocycles. The van der Waals surface area contributed by atoms with Crippen LogP contribution in [0.5, 0.6) is 0 Å². The maximum atomic E-state index is 12.9. The van der Waals surface area contributed by atoms with E-state index < -0.39 is 18.0 Å². The van der Waals surface area contributed by atoms with Gasteiger partial charge in [-0.25, -0.2) is 0 Å². The molecule has 0 aliphatic heterocycles. The monoisotopic (exact) mass is 539 g/mol. The predicted octanol–water partition coefficient (Wildman–Crippen LogP) is 6.52. The minimum Gasteiger partial charge on any atom is -0.466 e. The van der Waals surface area contributed by atoms with Crippen molar-refractivity contribution in [1.82, 2.24) is 5.16 Å². The average Bonchev–Trinajstić information content (AvgIpc) is 3.27. The third-order valence-corrected chi connectivity index (χ3v) is 6.15. The van der Waals surface area contributed by atoms with Crippen LogP contribution in [0.15, 0.2) is 77.3 Å². The standard InChI is InChI=1S/C30H28F3NO5/c1-3-37-27(35)16-20-7-9-22(10-8-20)23-11-13-24(14-12-23)29-26(19(2)34-39-29)17-28(36)38-18-21-5-4-6-25(15-21)30(31,32)33/h4-15,28,36H,3,16-18H2,1-2H3. The smallest absolute Gasteiger partial charge is 0.416 e. The molecule has 0 spiro atoms. The maximum Gasteiger partial charge on any atom is 0.416 e. The van der Waals surface area contributed by atoms with Gasteiger partial charge in [-0.3, -0.25) is 4.79 Å². The van der Waals surface area contributed by atoms with Crippen LogP contribution in [-0.2, 0) is 39.9 Å². The molecule has 0 amide bonds. The molecule has 1 N–H and O–H groups in total. The number of aryl methyl sites for hydroxylation is 1. The summed E-state index contributed by atoms with van der Waals surface area (Å²) < 4.78 is 54.8. The number of nitrogens with zero attached hydrogens (tertiary/aromatic N) is 1. The van der Waals surface area contributed by atoms with Gasteiger partial charge < -0.3 is 19.1 Å². The number of hydrogen-bond acceptors (Lipinski definition) is 6. The molecule has 1 unspecified atom stereocenters. The minimum atomic E-state index is -4.45. The Morgan fingerprint density at radius 2 is 1.62 bits per heavy atom. The van der Waals surface area contributed by atoms with Crippen molar-refractivity contribution in [3.05, 3.63) is 101 Å². The molecule has 1 heterocycles. The summed E-state index contributed by atoms with van der Waals surface area (Å²) in [5.74, 6) is 0.212. The Morgan fingerprint density at radius 3 is 2.26 bits per heavy atom. The van der Waals surface area contributed by atoms with E-state index in [1.807, 2.05) is 48.5 Å². The zero-order valence-corrected chi connectivity index (χ0v) is 21.5. The highest BCUT2D eigenvalue weighted by Gasteiger charge is 2.30. The van der Waals surface area contributed by atoms with Gasteiger partial charge in [-0.2, -0.15) is 13.2 Å². The van der Waals surface area contributed by atoms with Gasteiger partial charge in [0, 0.05) is 17.5 Å². The Bertz CT molecular complexity index is 1400. The zero-order chi connectivity index (χ0) is 28.0. The van der Waals surface area contributed by atoms with Crippen LogP contribution in [0.2, 0.25) is 0 Å². The number of aliphatic hydroxyl groups is 1. The molecule has 3 aromatic carbocycles. The molecule has 0 saturated carbocycles. The Hall–Kier alpha value is -3.95. The lowest BCUT2D eigenvalue weighted by atomic mass is 9.99. The number of hydrogen-bond donors (Lipinski definition) is 1. The van der Waals surface area contributed by atoms with E-state index in [9.17, 15) is 23.1 Å². The summed E-state index contributed by atoms with van der Waals surface area (Å²) >= 11 is 0. The Balaban J connectivity index is 1.41. The second kappa shape index (κ2) is 12.3. The van der Waals surface area contributed by atoms with Gasteiger partial charge in [0.05, 0.1) is 30.9 Å². The third kappa shape index (κ3) is 7.34. The summed E-state index contributed by atoms with van der Waals surface area (Å²) in [4.78, 5) is 11.7. The molecule has 204 valence electrons. The molecule has 6 nitrogen and oxygen atoms in total. The number of ether oxygens (including phenoxy) is 2. The highest BCUT2D eigenvalue weighted by molar-refractivity contribution is 5.74. The van der Waals surface area contributed by atoms with Crippen molar-refractivity contribution < 1.29 is 37.1 Å². The molecule has 0 radical (unpaired) electrons. The lowest BCUT2D eigenvalue weighted by Gasteiger charge is -2.14. The number of aliphatic hydroxyl groups excluding tert-OH is 1. The molecule has 9 heteroatoms. The van der Waals surface area contributed by atoms with Crippen molar-refractivity contribution in [1.29, 1.82) is 0 Å². The van der Waals surface area contributed by atoms with Gasteiger partial charge in [0.1, 0.15) is 0 Å². The van der Waals surface area contributed by atoms with Crippen LogP contribution in [0.4, 0.5) is 13.2 Å². The third-order valence-electron chi connectivity index (χ3n) is 6.15. The van der Waals surface area contributed by atoms with Crippen LogP contribution >= 0.6 is 0 Å². The van der Waals surface area contributed by atoms with Gasteiger partial charge in [-0.05, 0) is 48.2 Å². The van der Waals surface area contributed by atoms with E-state index >= 15 is 0 Å². The number of esters is 1. The molecule has 0 saturated heterocycles. The van der Waals surface area contributed by atoms with Gasteiger partial charge in [-0.1, -0.05) is 65.8 Å². The summed E-state index contributed by atoms with van der Waals surface area (Å²) in [6.07, 6.45) is -5.46. The maximum absolute atomic E-state index is 12.9.